The van der Waals surface area contributed by atoms with E-state index in [-0.39, 0.29) is 28.8 Å². The van der Waals surface area contributed by atoms with Crippen molar-refractivity contribution in [1.29, 1.82) is 5.26 Å². The zero-order valence-corrected chi connectivity index (χ0v) is 24.7. The second kappa shape index (κ2) is 11.5. The van der Waals surface area contributed by atoms with E-state index in [2.05, 4.69) is 37.5 Å². The lowest BCUT2D eigenvalue weighted by Crippen LogP contribution is -2.38. The Balaban J connectivity index is 1.41. The molecule has 8 nitrogen and oxygen atoms in total. The number of nitriles is 1. The number of benzene rings is 2. The molecule has 1 aliphatic heterocycles. The normalized spacial score (nSPS) is 17.2. The molecule has 0 radical (unpaired) electrons. The van der Waals surface area contributed by atoms with Crippen LogP contribution in [-0.2, 0) is 9.59 Å². The van der Waals surface area contributed by atoms with Crippen molar-refractivity contribution in [1.82, 2.24) is 10.2 Å². The van der Waals surface area contributed by atoms with Crippen molar-refractivity contribution in [3.8, 4) is 6.07 Å². The maximum Gasteiger partial charge on any atom is 0.234 e. The van der Waals surface area contributed by atoms with Crippen LogP contribution in [0, 0.1) is 18.3 Å². The standard InChI is InChI=1S/C27H22BrClN6O2S2/c1-14-10-16(28)8-9-19(14)32-22(37)13-38-27-34-33-26(39-27)35-20-6-3-7-21(36)24(20)23(18(12-30)25(35)31)15-4-2-5-17(29)11-15/h2,4-5,8-11,23H,3,6-7,13,31H2,1H3,(H,32,37). The fourth-order valence-electron chi connectivity index (χ4n) is 4.76. The van der Waals surface area contributed by atoms with Gasteiger partial charge < -0.3 is 11.1 Å². The molecule has 3 aromatic rings. The Labute approximate surface area is 247 Å². The van der Waals surface area contributed by atoms with E-state index in [0.29, 0.717) is 39.3 Å². The van der Waals surface area contributed by atoms with Crippen LogP contribution >= 0.6 is 50.6 Å². The SMILES string of the molecule is Cc1cc(Br)ccc1NC(=O)CSc1nnc(N2C(N)=C(C#N)C(c3cccc(Cl)c3)C3=C2CCCC3=O)s1. The summed E-state index contributed by atoms with van der Waals surface area (Å²) in [4.78, 5) is 27.5. The second-order valence-electron chi connectivity index (χ2n) is 9.02. The molecule has 12 heteroatoms. The molecule has 5 rings (SSSR count). The number of aromatic nitrogens is 2. The van der Waals surface area contributed by atoms with Gasteiger partial charge in [0.25, 0.3) is 0 Å². The quantitative estimate of drug-likeness (QED) is 0.301. The van der Waals surface area contributed by atoms with Crippen LogP contribution in [0.4, 0.5) is 10.8 Å². The molecular formula is C27H22BrClN6O2S2. The van der Waals surface area contributed by atoms with Crippen LogP contribution in [0.15, 0.2) is 73.9 Å². The lowest BCUT2D eigenvalue weighted by atomic mass is 9.76. The maximum atomic E-state index is 13.2. The van der Waals surface area contributed by atoms with Crippen LogP contribution in [0.25, 0.3) is 0 Å². The zero-order valence-electron chi connectivity index (χ0n) is 20.7. The van der Waals surface area contributed by atoms with E-state index in [1.54, 1.807) is 23.1 Å². The van der Waals surface area contributed by atoms with Gasteiger partial charge in [-0.05, 0) is 61.2 Å². The molecule has 1 unspecified atom stereocenters. The third-order valence-electron chi connectivity index (χ3n) is 6.47. The molecule has 0 bridgehead atoms. The molecule has 3 N–H and O–H groups in total. The lowest BCUT2D eigenvalue weighted by molar-refractivity contribution is -0.116. The summed E-state index contributed by atoms with van der Waals surface area (Å²) in [6.07, 6.45) is 1.67. The van der Waals surface area contributed by atoms with Crippen molar-refractivity contribution >= 4 is 73.1 Å². The van der Waals surface area contributed by atoms with E-state index in [4.69, 9.17) is 17.3 Å². The van der Waals surface area contributed by atoms with Gasteiger partial charge in [0.05, 0.1) is 23.3 Å². The summed E-state index contributed by atoms with van der Waals surface area (Å²) >= 11 is 12.2. The summed E-state index contributed by atoms with van der Waals surface area (Å²) in [5, 5.41) is 22.6. The number of thioether (sulfide) groups is 1. The number of ketones is 1. The summed E-state index contributed by atoms with van der Waals surface area (Å²) in [5.41, 5.74) is 10.6. The highest BCUT2D eigenvalue weighted by atomic mass is 79.9. The number of halogens is 2. The van der Waals surface area contributed by atoms with Crippen LogP contribution in [-0.4, -0.2) is 27.6 Å². The Morgan fingerprint density at radius 1 is 1.31 bits per heavy atom. The minimum atomic E-state index is -0.597. The van der Waals surface area contributed by atoms with Gasteiger partial charge in [0.1, 0.15) is 5.82 Å². The Morgan fingerprint density at radius 2 is 2.13 bits per heavy atom. The third-order valence-corrected chi connectivity index (χ3v) is 9.24. The molecule has 2 aromatic carbocycles. The van der Waals surface area contributed by atoms with Gasteiger partial charge in [-0.15, -0.1) is 10.2 Å². The Hall–Kier alpha value is -3.17. The van der Waals surface area contributed by atoms with E-state index in [9.17, 15) is 14.9 Å². The molecule has 0 fully saturated rings. The highest BCUT2D eigenvalue weighted by Gasteiger charge is 2.41. The van der Waals surface area contributed by atoms with Gasteiger partial charge in [0.2, 0.25) is 11.0 Å². The number of aryl methyl sites for hydroxylation is 1. The molecule has 0 spiro atoms. The third kappa shape index (κ3) is 5.61. The first-order chi connectivity index (χ1) is 18.8. The number of carbonyl (C=O) groups excluding carboxylic acids is 2. The van der Waals surface area contributed by atoms with Gasteiger partial charge in [-0.3, -0.25) is 14.5 Å². The van der Waals surface area contributed by atoms with E-state index >= 15 is 0 Å². The maximum absolute atomic E-state index is 13.2. The molecule has 0 saturated heterocycles. The number of carbonyl (C=O) groups is 2. The number of allylic oxidation sites excluding steroid dienone is 3. The number of anilines is 2. The summed E-state index contributed by atoms with van der Waals surface area (Å²) in [6, 6.07) is 15.0. The summed E-state index contributed by atoms with van der Waals surface area (Å²) in [6.45, 7) is 1.92. The minimum Gasteiger partial charge on any atom is -0.384 e. The van der Waals surface area contributed by atoms with E-state index in [1.807, 2.05) is 31.2 Å². The van der Waals surface area contributed by atoms with Crippen LogP contribution in [0.5, 0.6) is 0 Å². The summed E-state index contributed by atoms with van der Waals surface area (Å²) in [7, 11) is 0. The molecule has 1 aromatic heterocycles. The number of rotatable bonds is 6. The van der Waals surface area contributed by atoms with Crippen molar-refractivity contribution in [3.05, 3.63) is 85.8 Å². The number of hydrogen-bond acceptors (Lipinski definition) is 9. The van der Waals surface area contributed by atoms with Gasteiger partial charge in [-0.1, -0.05) is 62.8 Å². The monoisotopic (exact) mass is 640 g/mol. The van der Waals surface area contributed by atoms with E-state index < -0.39 is 5.92 Å². The van der Waals surface area contributed by atoms with Gasteiger partial charge >= 0.3 is 0 Å². The van der Waals surface area contributed by atoms with Gasteiger partial charge in [0, 0.05) is 32.9 Å². The van der Waals surface area contributed by atoms with Crippen molar-refractivity contribution in [3.63, 3.8) is 0 Å². The smallest absolute Gasteiger partial charge is 0.234 e. The number of nitrogens with one attached hydrogen (secondary N) is 1. The highest BCUT2D eigenvalue weighted by Crippen LogP contribution is 2.47. The first-order valence-corrected chi connectivity index (χ1v) is 15.0. The number of Topliss-reactive ketones (excluding diaryl/α,β-unsaturated/α-hetero) is 1. The molecule has 39 heavy (non-hydrogen) atoms. The summed E-state index contributed by atoms with van der Waals surface area (Å²) in [5.74, 6) is -0.432. The second-order valence-corrected chi connectivity index (χ2v) is 12.5. The Kier molecular flexibility index (Phi) is 8.09. The molecular weight excluding hydrogens is 620 g/mol. The predicted octanol–water partition coefficient (Wildman–Crippen LogP) is 6.30. The average molecular weight is 642 g/mol. The molecule has 1 aliphatic carbocycles. The fraction of sp³-hybridized carbons (Fsp3) is 0.222. The van der Waals surface area contributed by atoms with Crippen molar-refractivity contribution < 1.29 is 9.59 Å². The van der Waals surface area contributed by atoms with Crippen LogP contribution in [0.1, 0.15) is 36.3 Å². The highest BCUT2D eigenvalue weighted by molar-refractivity contribution is 9.10. The van der Waals surface area contributed by atoms with Crippen LogP contribution in [0.2, 0.25) is 5.02 Å². The molecule has 1 amide bonds. The Morgan fingerprint density at radius 3 is 2.87 bits per heavy atom. The number of amides is 1. The van der Waals surface area contributed by atoms with Crippen LogP contribution in [0.3, 0.4) is 0 Å². The predicted molar refractivity (Wildman–Crippen MR) is 158 cm³/mol. The molecule has 2 aliphatic rings. The van der Waals surface area contributed by atoms with Gasteiger partial charge in [-0.2, -0.15) is 5.26 Å². The molecule has 0 saturated carbocycles. The van der Waals surface area contributed by atoms with Gasteiger partial charge in [0.15, 0.2) is 10.1 Å². The van der Waals surface area contributed by atoms with Crippen molar-refractivity contribution in [2.45, 2.75) is 36.4 Å². The van der Waals surface area contributed by atoms with Crippen molar-refractivity contribution in [2.75, 3.05) is 16.0 Å². The average Bonchev–Trinajstić information content (AvgIpc) is 3.37. The minimum absolute atomic E-state index is 0.0227. The first kappa shape index (κ1) is 27.4. The molecule has 198 valence electrons. The number of nitrogens with zero attached hydrogens (tertiary/aromatic N) is 4. The number of nitrogens with two attached hydrogens (primary N) is 1. The first-order valence-electron chi connectivity index (χ1n) is 12.0. The van der Waals surface area contributed by atoms with E-state index in [1.165, 1.54) is 23.1 Å². The van der Waals surface area contributed by atoms with Gasteiger partial charge in [-0.25, -0.2) is 0 Å². The van der Waals surface area contributed by atoms with Crippen LogP contribution < -0.4 is 16.0 Å². The van der Waals surface area contributed by atoms with Crippen molar-refractivity contribution in [2.24, 2.45) is 5.73 Å². The Bertz CT molecular complexity index is 1590. The lowest BCUT2D eigenvalue weighted by Gasteiger charge is -2.38. The molecule has 2 heterocycles. The molecule has 1 atom stereocenters. The zero-order chi connectivity index (χ0) is 27.7. The fourth-order valence-corrected chi connectivity index (χ4v) is 7.11. The van der Waals surface area contributed by atoms with E-state index in [0.717, 1.165) is 27.0 Å². The summed E-state index contributed by atoms with van der Waals surface area (Å²) < 4.78 is 1.51. The number of hydrogen-bond donors (Lipinski definition) is 2. The largest absolute Gasteiger partial charge is 0.384 e. The topological polar surface area (TPSA) is 125 Å².